The second kappa shape index (κ2) is 8.40. The van der Waals surface area contributed by atoms with E-state index < -0.39 is 5.60 Å². The number of benzene rings is 2. The highest BCUT2D eigenvalue weighted by atomic mass is 16.5. The smallest absolute Gasteiger partial charge is 0.302 e. The van der Waals surface area contributed by atoms with E-state index in [-0.39, 0.29) is 28.9 Å². The molecule has 1 fully saturated rings. The Bertz CT molecular complexity index is 844. The number of esters is 1. The molecule has 1 aliphatic rings. The maximum absolute atomic E-state index is 12.2. The maximum atomic E-state index is 12.2. The zero-order chi connectivity index (χ0) is 23.0. The molecule has 0 radical (unpaired) electrons. The third-order valence-corrected chi connectivity index (χ3v) is 6.31. The molecule has 0 bridgehead atoms. The van der Waals surface area contributed by atoms with Crippen LogP contribution in [0.4, 0.5) is 0 Å². The maximum Gasteiger partial charge on any atom is 0.302 e. The fraction of sp³-hybridized carbons (Fsp3) is 0.519. The van der Waals surface area contributed by atoms with E-state index >= 15 is 0 Å². The van der Waals surface area contributed by atoms with Crippen molar-refractivity contribution in [2.45, 2.75) is 83.5 Å². The Hall–Kier alpha value is -2.17. The van der Waals surface area contributed by atoms with Crippen molar-refractivity contribution in [2.75, 3.05) is 6.54 Å². The predicted molar refractivity (Wildman–Crippen MR) is 125 cm³/mol. The third kappa shape index (κ3) is 5.02. The van der Waals surface area contributed by atoms with E-state index in [1.54, 1.807) is 0 Å². The minimum Gasteiger partial charge on any atom is -0.461 e. The lowest BCUT2D eigenvalue weighted by Crippen LogP contribution is -2.46. The summed E-state index contributed by atoms with van der Waals surface area (Å²) in [7, 11) is 0. The van der Waals surface area contributed by atoms with Crippen molar-refractivity contribution in [2.24, 2.45) is 0 Å². The van der Waals surface area contributed by atoms with Crippen LogP contribution < -0.4 is 5.32 Å². The fourth-order valence-electron chi connectivity index (χ4n) is 4.36. The van der Waals surface area contributed by atoms with Crippen LogP contribution in [0, 0.1) is 0 Å². The van der Waals surface area contributed by atoms with E-state index in [2.05, 4.69) is 71.1 Å². The normalized spacial score (nSPS) is 20.0. The zero-order valence-corrected chi connectivity index (χ0v) is 20.0. The lowest BCUT2D eigenvalue weighted by molar-refractivity contribution is -0.145. The first kappa shape index (κ1) is 23.5. The number of carbonyl (C=O) groups is 1. The van der Waals surface area contributed by atoms with Crippen LogP contribution in [0.3, 0.4) is 0 Å². The highest BCUT2D eigenvalue weighted by Gasteiger charge is 2.45. The molecule has 4 nitrogen and oxygen atoms in total. The van der Waals surface area contributed by atoms with Crippen molar-refractivity contribution in [3.63, 3.8) is 0 Å². The zero-order valence-electron chi connectivity index (χ0n) is 20.0. The van der Waals surface area contributed by atoms with E-state index in [1.807, 2.05) is 24.3 Å². The second-order valence-electron chi connectivity index (χ2n) is 10.8. The molecule has 0 aromatic heterocycles. The second-order valence-corrected chi connectivity index (χ2v) is 10.8. The first-order valence-electron chi connectivity index (χ1n) is 11.2. The van der Waals surface area contributed by atoms with Crippen molar-refractivity contribution in [3.05, 3.63) is 70.8 Å². The van der Waals surface area contributed by atoms with Gasteiger partial charge < -0.3 is 15.2 Å². The van der Waals surface area contributed by atoms with Gasteiger partial charge in [-0.25, -0.2) is 0 Å². The summed E-state index contributed by atoms with van der Waals surface area (Å²) in [6.45, 7) is 15.1. The SMILES string of the molecule is CC(=O)OC1CNC(C(O)(c2ccc(C(C)(C)C)cc2)c2ccc(C(C)(C)C)cc2)C1. The summed E-state index contributed by atoms with van der Waals surface area (Å²) in [5, 5.41) is 15.6. The number of hydrogen-bond acceptors (Lipinski definition) is 4. The highest BCUT2D eigenvalue weighted by Crippen LogP contribution is 2.39. The summed E-state index contributed by atoms with van der Waals surface area (Å²) in [4.78, 5) is 11.4. The average Bonchev–Trinajstić information content (AvgIpc) is 3.14. The average molecular weight is 424 g/mol. The number of ether oxygens (including phenoxy) is 1. The molecule has 0 amide bonds. The summed E-state index contributed by atoms with van der Waals surface area (Å²) in [5.41, 5.74) is 2.96. The number of nitrogens with one attached hydrogen (secondary N) is 1. The molecule has 1 heterocycles. The van der Waals surface area contributed by atoms with Crippen molar-refractivity contribution in [3.8, 4) is 0 Å². The highest BCUT2D eigenvalue weighted by molar-refractivity contribution is 5.66. The van der Waals surface area contributed by atoms with Gasteiger partial charge in [0.15, 0.2) is 0 Å². The van der Waals surface area contributed by atoms with Crippen molar-refractivity contribution in [1.29, 1.82) is 0 Å². The summed E-state index contributed by atoms with van der Waals surface area (Å²) in [6.07, 6.45) is 0.315. The molecule has 0 saturated carbocycles. The van der Waals surface area contributed by atoms with Gasteiger partial charge in [0.25, 0.3) is 0 Å². The first-order chi connectivity index (χ1) is 14.3. The Morgan fingerprint density at radius 2 is 1.23 bits per heavy atom. The molecule has 31 heavy (non-hydrogen) atoms. The lowest BCUT2D eigenvalue weighted by atomic mass is 9.76. The lowest BCUT2D eigenvalue weighted by Gasteiger charge is -2.36. The van der Waals surface area contributed by atoms with Gasteiger partial charge in [-0.2, -0.15) is 0 Å². The van der Waals surface area contributed by atoms with E-state index in [0.717, 1.165) is 11.1 Å². The van der Waals surface area contributed by atoms with Crippen LogP contribution in [0.2, 0.25) is 0 Å². The molecular formula is C27H37NO3. The quantitative estimate of drug-likeness (QED) is 0.693. The van der Waals surface area contributed by atoms with Crippen LogP contribution in [0.1, 0.15) is 77.1 Å². The van der Waals surface area contributed by atoms with Gasteiger partial charge in [0.2, 0.25) is 0 Å². The molecule has 2 unspecified atom stereocenters. The fourth-order valence-corrected chi connectivity index (χ4v) is 4.36. The Labute approximate surface area is 187 Å². The van der Waals surface area contributed by atoms with Crippen molar-refractivity contribution < 1.29 is 14.6 Å². The van der Waals surface area contributed by atoms with Crippen LogP contribution in [-0.2, 0) is 26.0 Å². The number of carbonyl (C=O) groups excluding carboxylic acids is 1. The van der Waals surface area contributed by atoms with E-state index in [9.17, 15) is 9.90 Å². The summed E-state index contributed by atoms with van der Waals surface area (Å²) in [5.74, 6) is -0.292. The van der Waals surface area contributed by atoms with Gasteiger partial charge in [0, 0.05) is 25.9 Å². The molecule has 1 aliphatic heterocycles. The summed E-state index contributed by atoms with van der Waals surface area (Å²) >= 11 is 0. The predicted octanol–water partition coefficient (Wildman–Crippen LogP) is 4.81. The van der Waals surface area contributed by atoms with Crippen LogP contribution in [0.5, 0.6) is 0 Å². The van der Waals surface area contributed by atoms with Crippen LogP contribution in [-0.4, -0.2) is 29.8 Å². The van der Waals surface area contributed by atoms with Crippen molar-refractivity contribution in [1.82, 2.24) is 5.32 Å². The first-order valence-corrected chi connectivity index (χ1v) is 11.2. The number of rotatable bonds is 4. The summed E-state index contributed by atoms with van der Waals surface area (Å²) < 4.78 is 5.42. The molecular weight excluding hydrogens is 386 g/mol. The van der Waals surface area contributed by atoms with Crippen LogP contribution in [0.15, 0.2) is 48.5 Å². The number of aliphatic hydroxyl groups is 1. The molecule has 168 valence electrons. The van der Waals surface area contributed by atoms with Gasteiger partial charge >= 0.3 is 5.97 Å². The minimum absolute atomic E-state index is 0.0387. The Morgan fingerprint density at radius 3 is 1.58 bits per heavy atom. The molecule has 0 aliphatic carbocycles. The molecule has 2 N–H and O–H groups in total. The van der Waals surface area contributed by atoms with E-state index in [0.29, 0.717) is 13.0 Å². The summed E-state index contributed by atoms with van der Waals surface area (Å²) in [6, 6.07) is 16.2. The van der Waals surface area contributed by atoms with Gasteiger partial charge in [-0.15, -0.1) is 0 Å². The molecule has 2 atom stereocenters. The standard InChI is InChI=1S/C27H37NO3/c1-18(29)31-23-16-24(28-17-23)27(30,21-12-8-19(9-13-21)25(2,3)4)22-14-10-20(11-15-22)26(5,6)7/h8-15,23-24,28,30H,16-17H2,1-7H3. The number of hydrogen-bond donors (Lipinski definition) is 2. The van der Waals surface area contributed by atoms with Gasteiger partial charge in [-0.05, 0) is 33.1 Å². The molecule has 2 aromatic rings. The Balaban J connectivity index is 2.03. The van der Waals surface area contributed by atoms with Crippen molar-refractivity contribution >= 4 is 5.97 Å². The topological polar surface area (TPSA) is 58.6 Å². The Kier molecular flexibility index (Phi) is 6.37. The molecule has 2 aromatic carbocycles. The van der Waals surface area contributed by atoms with Gasteiger partial charge in [0.1, 0.15) is 11.7 Å². The Morgan fingerprint density at radius 1 is 0.839 bits per heavy atom. The monoisotopic (exact) mass is 423 g/mol. The molecule has 3 rings (SSSR count). The minimum atomic E-state index is -1.23. The van der Waals surface area contributed by atoms with Crippen LogP contribution >= 0.6 is 0 Å². The molecule has 4 heteroatoms. The van der Waals surface area contributed by atoms with E-state index in [4.69, 9.17) is 4.74 Å². The van der Waals surface area contributed by atoms with Gasteiger partial charge in [-0.1, -0.05) is 90.1 Å². The molecule has 1 saturated heterocycles. The van der Waals surface area contributed by atoms with Crippen LogP contribution in [0.25, 0.3) is 0 Å². The van der Waals surface area contributed by atoms with E-state index in [1.165, 1.54) is 18.1 Å². The van der Waals surface area contributed by atoms with Gasteiger partial charge in [-0.3, -0.25) is 4.79 Å². The largest absolute Gasteiger partial charge is 0.461 e. The third-order valence-electron chi connectivity index (χ3n) is 6.31. The van der Waals surface area contributed by atoms with Gasteiger partial charge in [0.05, 0.1) is 0 Å². The molecule has 0 spiro atoms.